The number of hydrogen-bond donors (Lipinski definition) is 3. The maximum absolute atomic E-state index is 11.7. The predicted molar refractivity (Wildman–Crippen MR) is 133 cm³/mol. The number of aryl methyl sites for hydroxylation is 1. The van der Waals surface area contributed by atoms with Crippen LogP contribution in [0.15, 0.2) is 30.3 Å². The van der Waals surface area contributed by atoms with Crippen LogP contribution in [0.2, 0.25) is 0 Å². The average molecular weight is 501 g/mol. The molecule has 0 radical (unpaired) electrons. The molecular formula is C28H36O8. The van der Waals surface area contributed by atoms with Gasteiger partial charge in [-0.1, -0.05) is 12.5 Å². The number of carbonyl (C=O) groups is 1. The van der Waals surface area contributed by atoms with E-state index in [1.165, 1.54) is 26.5 Å². The molecule has 2 aromatic carbocycles. The second-order valence-corrected chi connectivity index (χ2v) is 9.76. The molecule has 0 bridgehead atoms. The molecule has 0 aromatic heterocycles. The number of carbonyl (C=O) groups excluding carboxylic acids is 1. The molecule has 8 nitrogen and oxygen atoms in total. The van der Waals surface area contributed by atoms with Crippen molar-refractivity contribution < 1.29 is 39.1 Å². The Kier molecular flexibility index (Phi) is 8.46. The monoisotopic (exact) mass is 500 g/mol. The maximum Gasteiger partial charge on any atom is 0.302 e. The van der Waals surface area contributed by atoms with E-state index in [0.717, 1.165) is 31.2 Å². The van der Waals surface area contributed by atoms with Gasteiger partial charge in [-0.3, -0.25) is 4.79 Å². The van der Waals surface area contributed by atoms with E-state index in [4.69, 9.17) is 18.9 Å². The Hall–Kier alpha value is -3.13. The zero-order chi connectivity index (χ0) is 25.7. The van der Waals surface area contributed by atoms with Crippen LogP contribution in [0.5, 0.6) is 28.7 Å². The lowest BCUT2D eigenvalue weighted by atomic mass is 9.92. The number of aromatic hydroxyl groups is 3. The molecule has 0 spiro atoms. The van der Waals surface area contributed by atoms with Gasteiger partial charge >= 0.3 is 5.97 Å². The molecule has 2 aliphatic rings. The molecule has 1 aliphatic carbocycles. The predicted octanol–water partition coefficient (Wildman–Crippen LogP) is 5.31. The normalized spacial score (nSPS) is 22.7. The number of benzene rings is 2. The molecule has 36 heavy (non-hydrogen) atoms. The van der Waals surface area contributed by atoms with Crippen LogP contribution in [0.3, 0.4) is 0 Å². The van der Waals surface area contributed by atoms with Crippen LogP contribution >= 0.6 is 0 Å². The molecule has 4 rings (SSSR count). The molecule has 2 fully saturated rings. The topological polar surface area (TPSA) is 115 Å². The van der Waals surface area contributed by atoms with Gasteiger partial charge in [0.25, 0.3) is 0 Å². The van der Waals surface area contributed by atoms with Crippen LogP contribution in [-0.2, 0) is 20.7 Å². The van der Waals surface area contributed by atoms with E-state index in [2.05, 4.69) is 0 Å². The van der Waals surface area contributed by atoms with E-state index in [9.17, 15) is 20.1 Å². The van der Waals surface area contributed by atoms with Crippen LogP contribution in [-0.4, -0.2) is 46.7 Å². The van der Waals surface area contributed by atoms with Crippen LogP contribution in [0.4, 0.5) is 0 Å². The first kappa shape index (κ1) is 25.9. The van der Waals surface area contributed by atoms with Crippen molar-refractivity contribution in [3.05, 3.63) is 41.5 Å². The summed E-state index contributed by atoms with van der Waals surface area (Å²) in [4.78, 5) is 11.7. The van der Waals surface area contributed by atoms with Crippen molar-refractivity contribution in [3.63, 3.8) is 0 Å². The van der Waals surface area contributed by atoms with Gasteiger partial charge in [0.1, 0.15) is 6.10 Å². The maximum atomic E-state index is 11.7. The van der Waals surface area contributed by atoms with Crippen molar-refractivity contribution in [3.8, 4) is 28.7 Å². The fraction of sp³-hybridized carbons (Fsp3) is 0.536. The molecule has 1 saturated heterocycles. The summed E-state index contributed by atoms with van der Waals surface area (Å²) in [6.07, 6.45) is 6.56. The first-order chi connectivity index (χ1) is 17.3. The molecule has 3 N–H and O–H groups in total. The molecule has 8 heteroatoms. The summed E-state index contributed by atoms with van der Waals surface area (Å²) >= 11 is 0. The van der Waals surface area contributed by atoms with Gasteiger partial charge in [0, 0.05) is 19.8 Å². The standard InChI is InChI=1S/C28H36O8/c1-17(29)34-22-15-21(10-8-18-9-11-23(30)26(12-18)33-2)36-25(16-22)19-13-24(31)28(32)27(14-19)35-20-6-4-3-5-7-20/h9,11-14,20-22,25,30-32H,3-8,10,15-16H2,1-2H3/t21-,22-,25-/m0/s1. The lowest BCUT2D eigenvalue weighted by Crippen LogP contribution is -2.34. The second-order valence-electron chi connectivity index (χ2n) is 9.76. The third-order valence-electron chi connectivity index (χ3n) is 6.99. The van der Waals surface area contributed by atoms with Crippen molar-refractivity contribution >= 4 is 5.97 Å². The van der Waals surface area contributed by atoms with E-state index in [0.29, 0.717) is 37.0 Å². The van der Waals surface area contributed by atoms with E-state index >= 15 is 0 Å². The lowest BCUT2D eigenvalue weighted by Gasteiger charge is -2.35. The fourth-order valence-electron chi connectivity index (χ4n) is 5.16. The number of hydrogen-bond acceptors (Lipinski definition) is 8. The third kappa shape index (κ3) is 6.55. The summed E-state index contributed by atoms with van der Waals surface area (Å²) in [6.45, 7) is 1.39. The van der Waals surface area contributed by atoms with Crippen molar-refractivity contribution in [2.75, 3.05) is 7.11 Å². The largest absolute Gasteiger partial charge is 0.504 e. The Morgan fingerprint density at radius 2 is 1.75 bits per heavy atom. The van der Waals surface area contributed by atoms with Crippen molar-refractivity contribution in [1.29, 1.82) is 0 Å². The van der Waals surface area contributed by atoms with Gasteiger partial charge in [-0.05, 0) is 73.9 Å². The van der Waals surface area contributed by atoms with Gasteiger partial charge in [-0.2, -0.15) is 0 Å². The average Bonchev–Trinajstić information content (AvgIpc) is 2.86. The van der Waals surface area contributed by atoms with Crippen molar-refractivity contribution in [1.82, 2.24) is 0 Å². The number of phenolic OH excluding ortho intramolecular Hbond substituents is 3. The molecule has 0 amide bonds. The highest BCUT2D eigenvalue weighted by molar-refractivity contribution is 5.66. The molecule has 1 aliphatic heterocycles. The SMILES string of the molecule is COc1cc(CC[C@H]2C[C@H](OC(C)=O)C[C@@H](c3cc(O)c(O)c(OC4CCCCC4)c3)O2)ccc1O. The Labute approximate surface area is 211 Å². The van der Waals surface area contributed by atoms with Crippen molar-refractivity contribution in [2.45, 2.75) is 89.1 Å². The van der Waals surface area contributed by atoms with Gasteiger partial charge in [0.05, 0.1) is 25.4 Å². The zero-order valence-corrected chi connectivity index (χ0v) is 20.9. The number of methoxy groups -OCH3 is 1. The number of esters is 1. The first-order valence-corrected chi connectivity index (χ1v) is 12.7. The summed E-state index contributed by atoms with van der Waals surface area (Å²) in [5.74, 6) is -0.125. The summed E-state index contributed by atoms with van der Waals surface area (Å²) in [7, 11) is 1.51. The quantitative estimate of drug-likeness (QED) is 0.330. The second kappa shape index (κ2) is 11.7. The lowest BCUT2D eigenvalue weighted by molar-refractivity contribution is -0.160. The Morgan fingerprint density at radius 3 is 2.47 bits per heavy atom. The summed E-state index contributed by atoms with van der Waals surface area (Å²) in [6, 6.07) is 8.46. The van der Waals surface area contributed by atoms with Gasteiger partial charge in [0.15, 0.2) is 23.0 Å². The number of phenols is 3. The smallest absolute Gasteiger partial charge is 0.302 e. The first-order valence-electron chi connectivity index (χ1n) is 12.7. The highest BCUT2D eigenvalue weighted by Gasteiger charge is 2.33. The van der Waals surface area contributed by atoms with E-state index in [-0.39, 0.29) is 47.3 Å². The van der Waals surface area contributed by atoms with Gasteiger partial charge < -0.3 is 34.3 Å². The molecule has 196 valence electrons. The molecule has 2 aromatic rings. The number of rotatable bonds is 8. The minimum Gasteiger partial charge on any atom is -0.504 e. The molecule has 1 saturated carbocycles. The van der Waals surface area contributed by atoms with Crippen molar-refractivity contribution in [2.24, 2.45) is 0 Å². The minimum atomic E-state index is -0.442. The fourth-order valence-corrected chi connectivity index (χ4v) is 5.16. The summed E-state index contributed by atoms with van der Waals surface area (Å²) < 4.78 is 23.2. The van der Waals surface area contributed by atoms with Gasteiger partial charge in [-0.25, -0.2) is 0 Å². The molecular weight excluding hydrogens is 464 g/mol. The van der Waals surface area contributed by atoms with Gasteiger partial charge in [0.2, 0.25) is 5.75 Å². The van der Waals surface area contributed by atoms with Crippen LogP contribution in [0.1, 0.15) is 75.5 Å². The van der Waals surface area contributed by atoms with Crippen LogP contribution < -0.4 is 9.47 Å². The highest BCUT2D eigenvalue weighted by Crippen LogP contribution is 2.43. The molecule has 3 atom stereocenters. The third-order valence-corrected chi connectivity index (χ3v) is 6.99. The van der Waals surface area contributed by atoms with Crippen LogP contribution in [0.25, 0.3) is 0 Å². The van der Waals surface area contributed by atoms with E-state index in [1.54, 1.807) is 18.2 Å². The summed E-state index contributed by atoms with van der Waals surface area (Å²) in [5.41, 5.74) is 1.66. The highest BCUT2D eigenvalue weighted by atomic mass is 16.6. The minimum absolute atomic E-state index is 0.00965. The number of ether oxygens (including phenoxy) is 4. The molecule has 1 heterocycles. The van der Waals surface area contributed by atoms with Crippen LogP contribution in [0, 0.1) is 0 Å². The Morgan fingerprint density at radius 1 is 0.972 bits per heavy atom. The Bertz CT molecular complexity index is 1050. The molecule has 0 unspecified atom stereocenters. The van der Waals surface area contributed by atoms with E-state index in [1.807, 2.05) is 6.07 Å². The Balaban J connectivity index is 1.51. The summed E-state index contributed by atoms with van der Waals surface area (Å²) in [5, 5.41) is 30.7. The zero-order valence-electron chi connectivity index (χ0n) is 20.9. The van der Waals surface area contributed by atoms with Gasteiger partial charge in [-0.15, -0.1) is 0 Å². The van der Waals surface area contributed by atoms with E-state index < -0.39 is 6.10 Å².